The van der Waals surface area contributed by atoms with Crippen molar-refractivity contribution in [1.29, 1.82) is 5.26 Å². The molecule has 6 rings (SSSR count). The summed E-state index contributed by atoms with van der Waals surface area (Å²) in [5, 5.41) is 20.5. The highest BCUT2D eigenvalue weighted by Crippen LogP contribution is 2.40. The SMILES string of the molecule is COc1cc(Oc2ncccn2)ccc1-c1cc2c(cc1F)ncc1nc(C(C)O)n(C3CCN(CC#N)CC3)c12. The molecular formula is C30H28FN7O3. The highest BCUT2D eigenvalue weighted by Gasteiger charge is 2.28. The Labute approximate surface area is 235 Å². The van der Waals surface area contributed by atoms with Crippen LogP contribution in [0.1, 0.15) is 37.7 Å². The number of halogens is 1. The van der Waals surface area contributed by atoms with Gasteiger partial charge < -0.3 is 19.1 Å². The van der Waals surface area contributed by atoms with Crippen LogP contribution in [-0.2, 0) is 0 Å². The Balaban J connectivity index is 1.47. The summed E-state index contributed by atoms with van der Waals surface area (Å²) < 4.78 is 29.1. The van der Waals surface area contributed by atoms with E-state index in [1.807, 2.05) is 0 Å². The van der Waals surface area contributed by atoms with Crippen LogP contribution in [0.25, 0.3) is 33.1 Å². The summed E-state index contributed by atoms with van der Waals surface area (Å²) in [5.41, 5.74) is 2.78. The second-order valence-electron chi connectivity index (χ2n) is 10.0. The van der Waals surface area contributed by atoms with Crippen molar-refractivity contribution in [3.05, 3.63) is 66.6 Å². The van der Waals surface area contributed by atoms with Gasteiger partial charge in [0.05, 0.1) is 37.0 Å². The molecule has 0 radical (unpaired) electrons. The van der Waals surface area contributed by atoms with E-state index in [2.05, 4.69) is 30.5 Å². The maximum absolute atomic E-state index is 15.6. The largest absolute Gasteiger partial charge is 0.496 e. The molecule has 1 aliphatic heterocycles. The molecule has 4 heterocycles. The van der Waals surface area contributed by atoms with Crippen molar-refractivity contribution >= 4 is 21.9 Å². The predicted octanol–water partition coefficient (Wildman–Crippen LogP) is 5.20. The summed E-state index contributed by atoms with van der Waals surface area (Å²) in [5.74, 6) is 0.958. The number of hydrogen-bond acceptors (Lipinski definition) is 9. The monoisotopic (exact) mass is 553 g/mol. The minimum absolute atomic E-state index is 0.0600. The molecule has 41 heavy (non-hydrogen) atoms. The first-order valence-electron chi connectivity index (χ1n) is 13.4. The fraction of sp³-hybridized carbons (Fsp3) is 0.300. The van der Waals surface area contributed by atoms with Gasteiger partial charge in [0.1, 0.15) is 34.8 Å². The Morgan fingerprint density at radius 1 is 1.10 bits per heavy atom. The molecule has 2 aromatic carbocycles. The molecule has 0 spiro atoms. The maximum Gasteiger partial charge on any atom is 0.321 e. The quantitative estimate of drug-likeness (QED) is 0.271. The standard InChI is InChI=1S/C30H28FN7O3/c1-18(39)29-36-26-17-35-25-16-24(31)22(15-23(25)28(26)38(29)19-6-11-37(12-7-19)13-8-32)21-5-4-20(14-27(21)40-2)41-30-33-9-3-10-34-30/h3-5,9-10,14-19,39H,6-7,11-13H2,1-2H3. The molecule has 208 valence electrons. The molecular weight excluding hydrogens is 525 g/mol. The Hall–Kier alpha value is -4.66. The van der Waals surface area contributed by atoms with Gasteiger partial charge >= 0.3 is 6.01 Å². The molecule has 0 aliphatic carbocycles. The van der Waals surface area contributed by atoms with Gasteiger partial charge in [-0.1, -0.05) is 0 Å². The highest BCUT2D eigenvalue weighted by atomic mass is 19.1. The number of aliphatic hydroxyl groups is 1. The lowest BCUT2D eigenvalue weighted by molar-refractivity contribution is 0.166. The summed E-state index contributed by atoms with van der Waals surface area (Å²) in [4.78, 5) is 19.5. The number of hydrogen-bond donors (Lipinski definition) is 1. The van der Waals surface area contributed by atoms with Gasteiger partial charge in [0.25, 0.3) is 0 Å². The van der Waals surface area contributed by atoms with Crippen LogP contribution in [-0.4, -0.2) is 61.3 Å². The van der Waals surface area contributed by atoms with Crippen LogP contribution in [0, 0.1) is 17.1 Å². The normalized spacial score (nSPS) is 15.2. The number of methoxy groups -OCH3 is 1. The lowest BCUT2D eigenvalue weighted by atomic mass is 10.00. The van der Waals surface area contributed by atoms with E-state index in [1.54, 1.807) is 55.8 Å². The number of nitrogens with zero attached hydrogens (tertiary/aromatic N) is 7. The number of fused-ring (bicyclic) bond motifs is 3. The second-order valence-corrected chi connectivity index (χ2v) is 10.0. The third kappa shape index (κ3) is 5.03. The summed E-state index contributed by atoms with van der Waals surface area (Å²) in [6.45, 7) is 3.61. The number of likely N-dealkylation sites (tertiary alicyclic amines) is 1. The summed E-state index contributed by atoms with van der Waals surface area (Å²) in [7, 11) is 1.52. The number of rotatable bonds is 7. The average Bonchev–Trinajstić information content (AvgIpc) is 3.39. The molecule has 10 nitrogen and oxygen atoms in total. The molecule has 11 heteroatoms. The molecule has 3 aromatic heterocycles. The lowest BCUT2D eigenvalue weighted by Crippen LogP contribution is -2.35. The van der Waals surface area contributed by atoms with Gasteiger partial charge in [-0.05, 0) is 44.0 Å². The molecule has 1 N–H and O–H groups in total. The van der Waals surface area contributed by atoms with Crippen molar-refractivity contribution < 1.29 is 19.0 Å². The molecule has 1 saturated heterocycles. The van der Waals surface area contributed by atoms with E-state index in [0.29, 0.717) is 46.0 Å². The van der Waals surface area contributed by atoms with Gasteiger partial charge in [-0.25, -0.2) is 19.3 Å². The van der Waals surface area contributed by atoms with E-state index >= 15 is 4.39 Å². The Morgan fingerprint density at radius 3 is 2.59 bits per heavy atom. The lowest BCUT2D eigenvalue weighted by Gasteiger charge is -2.32. The molecule has 5 aromatic rings. The third-order valence-corrected chi connectivity index (χ3v) is 7.44. The van der Waals surface area contributed by atoms with Crippen molar-refractivity contribution in [3.8, 4) is 34.7 Å². The van der Waals surface area contributed by atoms with Crippen LogP contribution in [0.4, 0.5) is 4.39 Å². The van der Waals surface area contributed by atoms with Gasteiger partial charge in [0.15, 0.2) is 0 Å². The van der Waals surface area contributed by atoms with Crippen molar-refractivity contribution in [2.45, 2.75) is 31.9 Å². The molecule has 1 unspecified atom stereocenters. The highest BCUT2D eigenvalue weighted by molar-refractivity contribution is 6.04. The Bertz CT molecular complexity index is 1760. The molecule has 1 atom stereocenters. The maximum atomic E-state index is 15.6. The van der Waals surface area contributed by atoms with Crippen molar-refractivity contribution in [2.75, 3.05) is 26.7 Å². The number of aromatic nitrogens is 5. The number of pyridine rings is 1. The number of piperidine rings is 1. The van der Waals surface area contributed by atoms with Crippen LogP contribution in [0.3, 0.4) is 0 Å². The fourth-order valence-corrected chi connectivity index (χ4v) is 5.52. The zero-order chi connectivity index (χ0) is 28.5. The van der Waals surface area contributed by atoms with Crippen LogP contribution in [0.15, 0.2) is 55.0 Å². The Kier molecular flexibility index (Phi) is 7.17. The molecule has 0 bridgehead atoms. The van der Waals surface area contributed by atoms with E-state index in [1.165, 1.54) is 13.2 Å². The minimum Gasteiger partial charge on any atom is -0.496 e. The summed E-state index contributed by atoms with van der Waals surface area (Å²) >= 11 is 0. The molecule has 0 amide bonds. The first-order chi connectivity index (χ1) is 20.0. The number of imidazole rings is 1. The van der Waals surface area contributed by atoms with E-state index in [0.717, 1.165) is 36.8 Å². The number of benzene rings is 2. The molecule has 1 fully saturated rings. The Morgan fingerprint density at radius 2 is 1.88 bits per heavy atom. The zero-order valence-corrected chi connectivity index (χ0v) is 22.7. The van der Waals surface area contributed by atoms with Gasteiger partial charge in [-0.2, -0.15) is 5.26 Å². The fourth-order valence-electron chi connectivity index (χ4n) is 5.52. The average molecular weight is 554 g/mol. The van der Waals surface area contributed by atoms with Crippen molar-refractivity contribution in [1.82, 2.24) is 29.4 Å². The molecule has 1 aliphatic rings. The van der Waals surface area contributed by atoms with Gasteiger partial charge in [0, 0.05) is 60.2 Å². The number of ether oxygens (including phenoxy) is 2. The topological polar surface area (TPSA) is 122 Å². The van der Waals surface area contributed by atoms with Crippen LogP contribution >= 0.6 is 0 Å². The van der Waals surface area contributed by atoms with Crippen LogP contribution in [0.5, 0.6) is 17.5 Å². The van der Waals surface area contributed by atoms with Gasteiger partial charge in [-0.15, -0.1) is 0 Å². The van der Waals surface area contributed by atoms with E-state index in [9.17, 15) is 5.11 Å². The second kappa shape index (κ2) is 11.1. The predicted molar refractivity (Wildman–Crippen MR) is 150 cm³/mol. The minimum atomic E-state index is -0.810. The third-order valence-electron chi connectivity index (χ3n) is 7.44. The van der Waals surface area contributed by atoms with Crippen LogP contribution in [0.2, 0.25) is 0 Å². The van der Waals surface area contributed by atoms with Gasteiger partial charge in [0.2, 0.25) is 0 Å². The summed E-state index contributed by atoms with van der Waals surface area (Å²) in [6, 6.07) is 12.5. The first kappa shape index (κ1) is 26.6. The van der Waals surface area contributed by atoms with E-state index in [-0.39, 0.29) is 12.1 Å². The van der Waals surface area contributed by atoms with Crippen molar-refractivity contribution in [3.63, 3.8) is 0 Å². The van der Waals surface area contributed by atoms with Crippen LogP contribution < -0.4 is 9.47 Å². The zero-order valence-electron chi connectivity index (χ0n) is 22.7. The van der Waals surface area contributed by atoms with Crippen molar-refractivity contribution in [2.24, 2.45) is 0 Å². The molecule has 0 saturated carbocycles. The smallest absolute Gasteiger partial charge is 0.321 e. The van der Waals surface area contributed by atoms with E-state index < -0.39 is 11.9 Å². The number of nitriles is 1. The number of aliphatic hydroxyl groups excluding tert-OH is 1. The summed E-state index contributed by atoms with van der Waals surface area (Å²) in [6.07, 6.45) is 5.57. The van der Waals surface area contributed by atoms with E-state index in [4.69, 9.17) is 19.7 Å². The van der Waals surface area contributed by atoms with Gasteiger partial charge in [-0.3, -0.25) is 9.88 Å². The first-order valence-corrected chi connectivity index (χ1v) is 13.4.